The number of pyridine rings is 1. The predicted molar refractivity (Wildman–Crippen MR) is 56.4 cm³/mol. The zero-order valence-electron chi connectivity index (χ0n) is 9.62. The number of carboxylic acids is 1. The first-order chi connectivity index (χ1) is 8.36. The molecule has 1 rings (SSSR count). The molecule has 18 heavy (non-hydrogen) atoms. The van der Waals surface area contributed by atoms with Crippen LogP contribution in [0, 0.1) is 0 Å². The summed E-state index contributed by atoms with van der Waals surface area (Å²) in [7, 11) is 1.46. The Bertz CT molecular complexity index is 432. The molecule has 1 aromatic heterocycles. The number of alkyl halides is 3. The minimum absolute atomic E-state index is 0.0642. The van der Waals surface area contributed by atoms with E-state index in [9.17, 15) is 18.0 Å². The molecule has 0 aromatic carbocycles. The largest absolute Gasteiger partial charge is 0.477 e. The van der Waals surface area contributed by atoms with E-state index in [0.29, 0.717) is 19.2 Å². The summed E-state index contributed by atoms with van der Waals surface area (Å²) in [5.74, 6) is -1.34. The van der Waals surface area contributed by atoms with E-state index in [1.54, 1.807) is 0 Å². The van der Waals surface area contributed by atoms with Gasteiger partial charge in [0.1, 0.15) is 0 Å². The van der Waals surface area contributed by atoms with Crippen molar-refractivity contribution in [3.63, 3.8) is 0 Å². The zero-order valence-corrected chi connectivity index (χ0v) is 9.62. The molecule has 1 aromatic rings. The van der Waals surface area contributed by atoms with Gasteiger partial charge >= 0.3 is 12.1 Å². The highest BCUT2D eigenvalue weighted by Gasteiger charge is 2.32. The number of aromatic nitrogens is 1. The average molecular weight is 263 g/mol. The minimum atomic E-state index is -4.53. The maximum Gasteiger partial charge on any atom is 0.417 e. The van der Waals surface area contributed by atoms with E-state index in [2.05, 4.69) is 4.98 Å². The van der Waals surface area contributed by atoms with Crippen molar-refractivity contribution < 1.29 is 27.8 Å². The topological polar surface area (TPSA) is 59.4 Å². The van der Waals surface area contributed by atoms with Gasteiger partial charge in [-0.15, -0.1) is 0 Å². The molecule has 1 N–H and O–H groups in total. The van der Waals surface area contributed by atoms with Crippen molar-refractivity contribution in [3.05, 3.63) is 29.1 Å². The summed E-state index contributed by atoms with van der Waals surface area (Å²) in [6, 6.07) is 0.826. The summed E-state index contributed by atoms with van der Waals surface area (Å²) < 4.78 is 42.2. The molecule has 0 saturated heterocycles. The molecule has 0 unspecified atom stereocenters. The quantitative estimate of drug-likeness (QED) is 0.828. The average Bonchev–Trinajstić information content (AvgIpc) is 2.27. The van der Waals surface area contributed by atoms with Crippen molar-refractivity contribution in [2.45, 2.75) is 19.0 Å². The van der Waals surface area contributed by atoms with E-state index < -0.39 is 17.7 Å². The molecule has 100 valence electrons. The lowest BCUT2D eigenvalue weighted by atomic mass is 10.1. The van der Waals surface area contributed by atoms with Crippen LogP contribution < -0.4 is 0 Å². The van der Waals surface area contributed by atoms with Crippen LogP contribution in [0.3, 0.4) is 0 Å². The van der Waals surface area contributed by atoms with Crippen molar-refractivity contribution >= 4 is 5.97 Å². The van der Waals surface area contributed by atoms with E-state index in [-0.39, 0.29) is 17.7 Å². The molecule has 0 saturated carbocycles. The van der Waals surface area contributed by atoms with Crippen LogP contribution in [0.25, 0.3) is 0 Å². The Kier molecular flexibility index (Phi) is 4.66. The molecular formula is C11H12F3NO3. The first kappa shape index (κ1) is 14.4. The molecule has 7 heteroatoms. The van der Waals surface area contributed by atoms with Gasteiger partial charge in [0.25, 0.3) is 0 Å². The number of methoxy groups -OCH3 is 1. The van der Waals surface area contributed by atoms with Crippen molar-refractivity contribution in [3.8, 4) is 0 Å². The normalized spacial score (nSPS) is 11.6. The number of rotatable bonds is 5. The number of carboxylic acid groups (broad SMARTS) is 1. The van der Waals surface area contributed by atoms with Crippen molar-refractivity contribution in [2.24, 2.45) is 0 Å². The van der Waals surface area contributed by atoms with Gasteiger partial charge in [-0.1, -0.05) is 0 Å². The number of nitrogens with zero attached hydrogens (tertiary/aromatic N) is 1. The molecule has 0 amide bonds. The third-order valence-corrected chi connectivity index (χ3v) is 2.29. The molecule has 0 fully saturated rings. The van der Waals surface area contributed by atoms with Gasteiger partial charge in [-0.05, 0) is 24.5 Å². The highest BCUT2D eigenvalue weighted by molar-refractivity contribution is 5.87. The van der Waals surface area contributed by atoms with Crippen LogP contribution >= 0.6 is 0 Å². The second kappa shape index (κ2) is 5.81. The first-order valence-electron chi connectivity index (χ1n) is 5.14. The Morgan fingerprint density at radius 2 is 2.17 bits per heavy atom. The van der Waals surface area contributed by atoms with Crippen LogP contribution in [0.1, 0.15) is 28.0 Å². The predicted octanol–water partition coefficient (Wildman–Crippen LogP) is 2.38. The molecule has 4 nitrogen and oxygen atoms in total. The molecule has 0 aliphatic carbocycles. The van der Waals surface area contributed by atoms with Crippen LogP contribution in [0.2, 0.25) is 0 Å². The van der Waals surface area contributed by atoms with Gasteiger partial charge in [-0.3, -0.25) is 0 Å². The fraction of sp³-hybridized carbons (Fsp3) is 0.455. The first-order valence-corrected chi connectivity index (χ1v) is 5.14. The number of aryl methyl sites for hydroxylation is 1. The van der Waals surface area contributed by atoms with E-state index in [1.807, 2.05) is 0 Å². The second-order valence-electron chi connectivity index (χ2n) is 3.63. The Balaban J connectivity index is 3.04. The lowest BCUT2D eigenvalue weighted by Gasteiger charge is -2.10. The molecule has 0 aliphatic rings. The standard InChI is InChI=1S/C11H12F3NO3/c1-18-4-2-3-7-5-8(11(12,13)14)6-15-9(7)10(16)17/h5-6H,2-4H2,1H3,(H,16,17). The van der Waals surface area contributed by atoms with Crippen LogP contribution in [0.5, 0.6) is 0 Å². The summed E-state index contributed by atoms with van der Waals surface area (Å²) in [5.41, 5.74) is -1.23. The smallest absolute Gasteiger partial charge is 0.417 e. The van der Waals surface area contributed by atoms with Gasteiger partial charge in [0, 0.05) is 19.9 Å². The van der Waals surface area contributed by atoms with Crippen LogP contribution in [0.15, 0.2) is 12.3 Å². The summed E-state index contributed by atoms with van der Waals surface area (Å²) >= 11 is 0. The summed E-state index contributed by atoms with van der Waals surface area (Å²) in [5, 5.41) is 8.84. The third kappa shape index (κ3) is 3.69. The van der Waals surface area contributed by atoms with Crippen molar-refractivity contribution in [1.82, 2.24) is 4.98 Å². The van der Waals surface area contributed by atoms with Crippen LogP contribution in [0.4, 0.5) is 13.2 Å². The zero-order chi connectivity index (χ0) is 13.8. The van der Waals surface area contributed by atoms with Gasteiger partial charge in [0.2, 0.25) is 0 Å². The van der Waals surface area contributed by atoms with Gasteiger partial charge in [0.15, 0.2) is 5.69 Å². The third-order valence-electron chi connectivity index (χ3n) is 2.29. The number of hydrogen-bond acceptors (Lipinski definition) is 3. The SMILES string of the molecule is COCCCc1cc(C(F)(F)F)cnc1C(=O)O. The Hall–Kier alpha value is -1.63. The molecular weight excluding hydrogens is 251 g/mol. The van der Waals surface area contributed by atoms with Gasteiger partial charge in [0.05, 0.1) is 5.56 Å². The monoisotopic (exact) mass is 263 g/mol. The fourth-order valence-corrected chi connectivity index (χ4v) is 1.46. The Morgan fingerprint density at radius 3 is 2.67 bits per heavy atom. The summed E-state index contributed by atoms with van der Waals surface area (Å²) in [6.07, 6.45) is -3.39. The molecule has 0 atom stereocenters. The highest BCUT2D eigenvalue weighted by atomic mass is 19.4. The van der Waals surface area contributed by atoms with Crippen LogP contribution in [-0.4, -0.2) is 29.8 Å². The fourth-order valence-electron chi connectivity index (χ4n) is 1.46. The summed E-state index contributed by atoms with van der Waals surface area (Å²) in [6.45, 7) is 0.343. The number of carbonyl (C=O) groups is 1. The highest BCUT2D eigenvalue weighted by Crippen LogP contribution is 2.30. The molecule has 0 spiro atoms. The number of ether oxygens (including phenoxy) is 1. The molecule has 0 bridgehead atoms. The molecule has 1 heterocycles. The van der Waals surface area contributed by atoms with E-state index in [0.717, 1.165) is 6.07 Å². The number of halogens is 3. The maximum absolute atomic E-state index is 12.5. The summed E-state index contributed by atoms with van der Waals surface area (Å²) in [4.78, 5) is 14.2. The molecule has 0 aliphatic heterocycles. The maximum atomic E-state index is 12.5. The number of hydrogen-bond donors (Lipinski definition) is 1. The van der Waals surface area contributed by atoms with E-state index in [1.165, 1.54) is 7.11 Å². The lowest BCUT2D eigenvalue weighted by Crippen LogP contribution is -2.12. The Morgan fingerprint density at radius 1 is 1.50 bits per heavy atom. The van der Waals surface area contributed by atoms with Gasteiger partial charge in [-0.25, -0.2) is 9.78 Å². The Labute approximate surface area is 101 Å². The van der Waals surface area contributed by atoms with Crippen LogP contribution in [-0.2, 0) is 17.3 Å². The van der Waals surface area contributed by atoms with Gasteiger partial charge < -0.3 is 9.84 Å². The molecule has 0 radical (unpaired) electrons. The van der Waals surface area contributed by atoms with E-state index >= 15 is 0 Å². The number of aromatic carboxylic acids is 1. The van der Waals surface area contributed by atoms with Crippen molar-refractivity contribution in [1.29, 1.82) is 0 Å². The lowest BCUT2D eigenvalue weighted by molar-refractivity contribution is -0.137. The minimum Gasteiger partial charge on any atom is -0.477 e. The van der Waals surface area contributed by atoms with Gasteiger partial charge in [-0.2, -0.15) is 13.2 Å². The second-order valence-corrected chi connectivity index (χ2v) is 3.63. The van der Waals surface area contributed by atoms with E-state index in [4.69, 9.17) is 9.84 Å². The van der Waals surface area contributed by atoms with Crippen molar-refractivity contribution in [2.75, 3.05) is 13.7 Å².